The quantitative estimate of drug-likeness (QED) is 0.634. The van der Waals surface area contributed by atoms with Crippen LogP contribution in [0.4, 0.5) is 0 Å². The van der Waals surface area contributed by atoms with E-state index in [0.29, 0.717) is 0 Å². The molecule has 0 heterocycles. The molecule has 1 atom stereocenters. The average Bonchev–Trinajstić information content (AvgIpc) is 2.52. The fraction of sp³-hybridized carbons (Fsp3) is 0.0526. The number of aryl methyl sites for hydroxylation is 1. The first-order chi connectivity index (χ1) is 10.2. The van der Waals surface area contributed by atoms with Crippen LogP contribution in [0, 0.1) is 6.92 Å². The van der Waals surface area contributed by atoms with Crippen molar-refractivity contribution in [3.05, 3.63) is 89.4 Å². The standard InChI is InChI=1S/C19H16AsCl/c1-15-7-9-17(10-8-15)20(16-5-3-2-4-6-16)18-11-13-19(21)14-12-18/h2-14H,1H3. The molecule has 0 radical (unpaired) electrons. The van der Waals surface area contributed by atoms with Crippen molar-refractivity contribution in [2.45, 2.75) is 6.92 Å². The number of halogens is 1. The fourth-order valence-electron chi connectivity index (χ4n) is 2.31. The van der Waals surface area contributed by atoms with Gasteiger partial charge in [0.2, 0.25) is 0 Å². The molecule has 104 valence electrons. The molecule has 0 bridgehead atoms. The van der Waals surface area contributed by atoms with Gasteiger partial charge in [-0.05, 0) is 0 Å². The second-order valence-corrected chi connectivity index (χ2v) is 10.1. The van der Waals surface area contributed by atoms with E-state index in [4.69, 9.17) is 11.6 Å². The average molecular weight is 355 g/mol. The van der Waals surface area contributed by atoms with Crippen molar-refractivity contribution in [2.24, 2.45) is 0 Å². The van der Waals surface area contributed by atoms with Crippen LogP contribution >= 0.6 is 11.6 Å². The monoisotopic (exact) mass is 354 g/mol. The van der Waals surface area contributed by atoms with Gasteiger partial charge in [0.25, 0.3) is 0 Å². The Balaban J connectivity index is 2.11. The van der Waals surface area contributed by atoms with E-state index in [0.717, 1.165) is 5.02 Å². The molecule has 0 saturated heterocycles. The van der Waals surface area contributed by atoms with Gasteiger partial charge in [-0.3, -0.25) is 0 Å². The van der Waals surface area contributed by atoms with Gasteiger partial charge in [-0.15, -0.1) is 0 Å². The van der Waals surface area contributed by atoms with E-state index in [1.165, 1.54) is 18.6 Å². The third-order valence-electron chi connectivity index (χ3n) is 3.39. The van der Waals surface area contributed by atoms with Crippen molar-refractivity contribution in [1.29, 1.82) is 0 Å². The van der Waals surface area contributed by atoms with Crippen LogP contribution in [0.5, 0.6) is 0 Å². The van der Waals surface area contributed by atoms with Crippen molar-refractivity contribution < 1.29 is 0 Å². The van der Waals surface area contributed by atoms with Gasteiger partial charge in [-0.1, -0.05) is 0 Å². The van der Waals surface area contributed by atoms with Gasteiger partial charge in [-0.25, -0.2) is 0 Å². The number of rotatable bonds is 3. The molecular formula is C19H16AsCl. The van der Waals surface area contributed by atoms with Crippen LogP contribution in [0.15, 0.2) is 78.9 Å². The zero-order chi connectivity index (χ0) is 14.7. The van der Waals surface area contributed by atoms with Crippen LogP contribution in [-0.2, 0) is 0 Å². The van der Waals surface area contributed by atoms with E-state index < -0.39 is 14.7 Å². The van der Waals surface area contributed by atoms with Crippen LogP contribution in [0.3, 0.4) is 0 Å². The predicted octanol–water partition coefficient (Wildman–Crippen LogP) is 3.16. The van der Waals surface area contributed by atoms with Crippen molar-refractivity contribution >= 4 is 39.3 Å². The summed E-state index contributed by atoms with van der Waals surface area (Å²) in [5.74, 6) is 0. The first-order valence-electron chi connectivity index (χ1n) is 6.91. The summed E-state index contributed by atoms with van der Waals surface area (Å²) in [4.78, 5) is 0. The third kappa shape index (κ3) is 3.40. The molecule has 0 amide bonds. The van der Waals surface area contributed by atoms with Gasteiger partial charge in [0, 0.05) is 0 Å². The van der Waals surface area contributed by atoms with Crippen LogP contribution in [-0.4, -0.2) is 14.7 Å². The SMILES string of the molecule is Cc1ccc([As](c2ccccc2)c2ccc(Cl)cc2)cc1. The summed E-state index contributed by atoms with van der Waals surface area (Å²) in [7, 11) is 0. The zero-order valence-corrected chi connectivity index (χ0v) is 14.5. The van der Waals surface area contributed by atoms with E-state index in [9.17, 15) is 0 Å². The maximum absolute atomic E-state index is 6.05. The molecule has 0 spiro atoms. The Morgan fingerprint density at radius 3 is 1.67 bits per heavy atom. The summed E-state index contributed by atoms with van der Waals surface area (Å²) in [6.07, 6.45) is 0. The molecule has 3 rings (SSSR count). The van der Waals surface area contributed by atoms with E-state index in [2.05, 4.69) is 73.7 Å². The van der Waals surface area contributed by atoms with Gasteiger partial charge in [0.1, 0.15) is 0 Å². The molecule has 0 aromatic heterocycles. The second kappa shape index (κ2) is 6.52. The summed E-state index contributed by atoms with van der Waals surface area (Å²) in [5, 5.41) is 0.796. The van der Waals surface area contributed by atoms with Gasteiger partial charge in [0.05, 0.1) is 0 Å². The normalized spacial score (nSPS) is 12.1. The third-order valence-corrected chi connectivity index (χ3v) is 8.77. The Hall–Kier alpha value is -1.49. The molecule has 3 aromatic carbocycles. The van der Waals surface area contributed by atoms with Gasteiger partial charge >= 0.3 is 136 Å². The van der Waals surface area contributed by atoms with Crippen LogP contribution in [0.25, 0.3) is 0 Å². The van der Waals surface area contributed by atoms with Crippen molar-refractivity contribution in [3.8, 4) is 0 Å². The molecule has 21 heavy (non-hydrogen) atoms. The first kappa shape index (κ1) is 14.4. The Bertz CT molecular complexity index is 657. The Morgan fingerprint density at radius 2 is 1.10 bits per heavy atom. The zero-order valence-electron chi connectivity index (χ0n) is 11.8. The summed E-state index contributed by atoms with van der Waals surface area (Å²) in [6, 6.07) is 28.1. The summed E-state index contributed by atoms with van der Waals surface area (Å²) in [6.45, 7) is 2.13. The van der Waals surface area contributed by atoms with Gasteiger partial charge in [-0.2, -0.15) is 0 Å². The Morgan fingerprint density at radius 1 is 0.619 bits per heavy atom. The molecule has 0 aliphatic rings. The maximum atomic E-state index is 6.05. The van der Waals surface area contributed by atoms with Crippen molar-refractivity contribution in [3.63, 3.8) is 0 Å². The minimum atomic E-state index is -1.49. The minimum absolute atomic E-state index is 0.796. The van der Waals surface area contributed by atoms with Crippen LogP contribution in [0.1, 0.15) is 5.56 Å². The molecule has 0 N–H and O–H groups in total. The number of hydrogen-bond acceptors (Lipinski definition) is 0. The molecule has 0 aliphatic carbocycles. The van der Waals surface area contributed by atoms with Crippen LogP contribution in [0.2, 0.25) is 5.02 Å². The van der Waals surface area contributed by atoms with Gasteiger partial charge < -0.3 is 0 Å². The number of hydrogen-bond donors (Lipinski definition) is 0. The summed E-state index contributed by atoms with van der Waals surface area (Å²) >= 11 is 4.55. The van der Waals surface area contributed by atoms with Gasteiger partial charge in [0.15, 0.2) is 0 Å². The Labute approximate surface area is 135 Å². The number of benzene rings is 3. The molecule has 0 saturated carbocycles. The van der Waals surface area contributed by atoms with E-state index in [1.54, 1.807) is 0 Å². The Kier molecular flexibility index (Phi) is 4.48. The van der Waals surface area contributed by atoms with E-state index in [-0.39, 0.29) is 0 Å². The van der Waals surface area contributed by atoms with E-state index in [1.807, 2.05) is 12.1 Å². The second-order valence-electron chi connectivity index (χ2n) is 4.98. The predicted molar refractivity (Wildman–Crippen MR) is 93.7 cm³/mol. The molecule has 0 aliphatic heterocycles. The molecule has 0 fully saturated rings. The topological polar surface area (TPSA) is 0 Å². The van der Waals surface area contributed by atoms with Crippen molar-refractivity contribution in [1.82, 2.24) is 0 Å². The molecular weight excluding hydrogens is 339 g/mol. The molecule has 2 heteroatoms. The van der Waals surface area contributed by atoms with E-state index >= 15 is 0 Å². The van der Waals surface area contributed by atoms with Crippen molar-refractivity contribution in [2.75, 3.05) is 0 Å². The molecule has 3 aromatic rings. The molecule has 0 nitrogen and oxygen atoms in total. The molecule has 1 unspecified atom stereocenters. The summed E-state index contributed by atoms with van der Waals surface area (Å²) in [5.41, 5.74) is 1.30. The van der Waals surface area contributed by atoms with Crippen LogP contribution < -0.4 is 13.1 Å². The summed E-state index contributed by atoms with van der Waals surface area (Å²) < 4.78 is 4.29. The first-order valence-corrected chi connectivity index (χ1v) is 10.1. The fourth-order valence-corrected chi connectivity index (χ4v) is 7.17.